The van der Waals surface area contributed by atoms with E-state index in [0.717, 1.165) is 23.4 Å². The maximum Gasteiger partial charge on any atom is 0.230 e. The van der Waals surface area contributed by atoms with E-state index in [1.165, 1.54) is 11.8 Å². The quantitative estimate of drug-likeness (QED) is 0.444. The summed E-state index contributed by atoms with van der Waals surface area (Å²) in [4.78, 5) is 12.8. The summed E-state index contributed by atoms with van der Waals surface area (Å²) >= 11 is 1.40. The molecule has 3 aromatic rings. The van der Waals surface area contributed by atoms with Gasteiger partial charge in [-0.2, -0.15) is 0 Å². The van der Waals surface area contributed by atoms with Crippen LogP contribution < -0.4 is 5.32 Å². The van der Waals surface area contributed by atoms with Gasteiger partial charge in [-0.15, -0.1) is 10.2 Å². The summed E-state index contributed by atoms with van der Waals surface area (Å²) in [6, 6.07) is 20.1. The van der Waals surface area contributed by atoms with Crippen LogP contribution in [0.1, 0.15) is 31.9 Å². The summed E-state index contributed by atoms with van der Waals surface area (Å²) in [5, 5.41) is 12.6. The third-order valence-corrected chi connectivity index (χ3v) is 5.81. The Hall–Kier alpha value is -2.64. The fourth-order valence-electron chi connectivity index (χ4n) is 3.38. The molecule has 6 nitrogen and oxygen atoms in total. The van der Waals surface area contributed by atoms with Crippen LogP contribution in [0.25, 0.3) is 11.4 Å². The van der Waals surface area contributed by atoms with Crippen LogP contribution in [0.2, 0.25) is 0 Å². The number of hydrogen-bond acceptors (Lipinski definition) is 5. The van der Waals surface area contributed by atoms with Crippen LogP contribution in [-0.2, 0) is 16.1 Å². The molecule has 2 aromatic carbocycles. The average Bonchev–Trinajstić information content (AvgIpc) is 3.19. The van der Waals surface area contributed by atoms with Gasteiger partial charge in [0.2, 0.25) is 5.91 Å². The molecule has 0 radical (unpaired) electrons. The smallest absolute Gasteiger partial charge is 0.230 e. The number of thioether (sulfide) groups is 1. The van der Waals surface area contributed by atoms with Gasteiger partial charge in [0.25, 0.3) is 0 Å². The van der Waals surface area contributed by atoms with E-state index in [-0.39, 0.29) is 17.7 Å². The molecule has 0 saturated heterocycles. The van der Waals surface area contributed by atoms with Crippen LogP contribution in [0, 0.1) is 5.92 Å². The molecule has 0 aliphatic rings. The van der Waals surface area contributed by atoms with E-state index in [1.54, 1.807) is 7.11 Å². The Kier molecular flexibility index (Phi) is 8.67. The molecule has 3 rings (SSSR count). The van der Waals surface area contributed by atoms with Crippen molar-refractivity contribution in [1.29, 1.82) is 0 Å². The third kappa shape index (κ3) is 6.67. The molecule has 1 atom stereocenters. The number of hydrogen-bond donors (Lipinski definition) is 1. The first-order valence-electron chi connectivity index (χ1n) is 10.5. The number of methoxy groups -OCH3 is 1. The summed E-state index contributed by atoms with van der Waals surface area (Å²) in [5.74, 6) is 1.52. The van der Waals surface area contributed by atoms with Gasteiger partial charge in [0.05, 0.1) is 24.9 Å². The first-order chi connectivity index (χ1) is 15.1. The highest BCUT2D eigenvalue weighted by Crippen LogP contribution is 2.25. The van der Waals surface area contributed by atoms with Gasteiger partial charge >= 0.3 is 0 Å². The van der Waals surface area contributed by atoms with E-state index < -0.39 is 0 Å². The van der Waals surface area contributed by atoms with Crippen LogP contribution in [0.15, 0.2) is 65.8 Å². The number of aromatic nitrogens is 3. The second kappa shape index (κ2) is 11.7. The molecule has 31 heavy (non-hydrogen) atoms. The number of rotatable bonds is 11. The molecule has 0 spiro atoms. The highest BCUT2D eigenvalue weighted by molar-refractivity contribution is 7.99. The molecular weight excluding hydrogens is 408 g/mol. The zero-order valence-corrected chi connectivity index (χ0v) is 19.1. The molecule has 164 valence electrons. The Morgan fingerprint density at radius 2 is 1.74 bits per heavy atom. The SMILES string of the molecule is COCCn1c(SCC(=O)NC(CC(C)C)c2ccccc2)nnc1-c1ccccc1. The molecule has 0 aliphatic heterocycles. The van der Waals surface area contributed by atoms with E-state index >= 15 is 0 Å². The second-order valence-corrected chi connectivity index (χ2v) is 8.71. The van der Waals surface area contributed by atoms with Crippen molar-refractivity contribution in [2.45, 2.75) is 38.0 Å². The lowest BCUT2D eigenvalue weighted by Gasteiger charge is -2.21. The first-order valence-corrected chi connectivity index (χ1v) is 11.5. The van der Waals surface area contributed by atoms with Crippen molar-refractivity contribution in [3.05, 3.63) is 66.2 Å². The molecule has 0 fully saturated rings. The summed E-state index contributed by atoms with van der Waals surface area (Å²) in [6.07, 6.45) is 0.891. The Morgan fingerprint density at radius 1 is 1.06 bits per heavy atom. The van der Waals surface area contributed by atoms with Gasteiger partial charge in [-0.3, -0.25) is 9.36 Å². The van der Waals surface area contributed by atoms with E-state index in [9.17, 15) is 4.79 Å². The molecule has 1 unspecified atom stereocenters. The van der Waals surface area contributed by atoms with Gasteiger partial charge in [-0.25, -0.2) is 0 Å². The normalized spacial score (nSPS) is 12.1. The summed E-state index contributed by atoms with van der Waals surface area (Å²) in [7, 11) is 1.67. The van der Waals surface area contributed by atoms with Gasteiger partial charge in [-0.1, -0.05) is 86.3 Å². The second-order valence-electron chi connectivity index (χ2n) is 7.77. The number of ether oxygens (including phenoxy) is 1. The van der Waals surface area contributed by atoms with Gasteiger partial charge < -0.3 is 10.1 Å². The number of amides is 1. The predicted octanol–water partition coefficient (Wildman–Crippen LogP) is 4.59. The maximum atomic E-state index is 12.8. The Bertz CT molecular complexity index is 945. The van der Waals surface area contributed by atoms with Crippen molar-refractivity contribution in [1.82, 2.24) is 20.1 Å². The van der Waals surface area contributed by atoms with Gasteiger partial charge in [0.1, 0.15) is 0 Å². The summed E-state index contributed by atoms with van der Waals surface area (Å²) in [5.41, 5.74) is 2.12. The van der Waals surface area contributed by atoms with Crippen molar-refractivity contribution in [3.8, 4) is 11.4 Å². The van der Waals surface area contributed by atoms with Crippen molar-refractivity contribution in [3.63, 3.8) is 0 Å². The lowest BCUT2D eigenvalue weighted by atomic mass is 9.97. The fourth-order valence-corrected chi connectivity index (χ4v) is 4.16. The maximum absolute atomic E-state index is 12.8. The number of nitrogens with zero attached hydrogens (tertiary/aromatic N) is 3. The largest absolute Gasteiger partial charge is 0.383 e. The first kappa shape index (κ1) is 23.0. The molecule has 1 heterocycles. The van der Waals surface area contributed by atoms with Crippen LogP contribution in [0.3, 0.4) is 0 Å². The molecule has 1 N–H and O–H groups in total. The Labute approximate surface area is 188 Å². The van der Waals surface area contributed by atoms with Crippen LogP contribution in [0.4, 0.5) is 0 Å². The zero-order valence-electron chi connectivity index (χ0n) is 18.3. The minimum atomic E-state index is -0.0120. The molecule has 1 amide bonds. The number of carbonyl (C=O) groups is 1. The number of carbonyl (C=O) groups excluding carboxylic acids is 1. The molecule has 7 heteroatoms. The Morgan fingerprint density at radius 3 is 2.39 bits per heavy atom. The van der Waals surface area contributed by atoms with Gasteiger partial charge in [-0.05, 0) is 17.9 Å². The van der Waals surface area contributed by atoms with Crippen molar-refractivity contribution in [2.24, 2.45) is 5.92 Å². The zero-order chi connectivity index (χ0) is 22.1. The molecule has 0 aliphatic carbocycles. The van der Waals surface area contributed by atoms with Crippen LogP contribution in [0.5, 0.6) is 0 Å². The van der Waals surface area contributed by atoms with E-state index in [2.05, 4.69) is 41.5 Å². The van der Waals surface area contributed by atoms with Gasteiger partial charge in [0.15, 0.2) is 11.0 Å². The highest BCUT2D eigenvalue weighted by atomic mass is 32.2. The number of nitrogens with one attached hydrogen (secondary N) is 1. The topological polar surface area (TPSA) is 69.0 Å². The van der Waals surface area contributed by atoms with Crippen molar-refractivity contribution >= 4 is 17.7 Å². The monoisotopic (exact) mass is 438 g/mol. The van der Waals surface area contributed by atoms with Crippen molar-refractivity contribution in [2.75, 3.05) is 19.5 Å². The molecule has 1 aromatic heterocycles. The lowest BCUT2D eigenvalue weighted by Crippen LogP contribution is -2.31. The minimum Gasteiger partial charge on any atom is -0.383 e. The average molecular weight is 439 g/mol. The van der Waals surface area contributed by atoms with Crippen LogP contribution >= 0.6 is 11.8 Å². The lowest BCUT2D eigenvalue weighted by molar-refractivity contribution is -0.119. The molecule has 0 saturated carbocycles. The van der Waals surface area contributed by atoms with Crippen molar-refractivity contribution < 1.29 is 9.53 Å². The van der Waals surface area contributed by atoms with E-state index in [0.29, 0.717) is 24.2 Å². The third-order valence-electron chi connectivity index (χ3n) is 4.84. The predicted molar refractivity (Wildman–Crippen MR) is 125 cm³/mol. The van der Waals surface area contributed by atoms with Gasteiger partial charge in [0, 0.05) is 12.7 Å². The standard InChI is InChI=1S/C24H30N4O2S/c1-18(2)16-21(19-10-6-4-7-11-19)25-22(29)17-31-24-27-26-23(28(24)14-15-30-3)20-12-8-5-9-13-20/h4-13,18,21H,14-17H2,1-3H3,(H,25,29). The molecular formula is C24H30N4O2S. The van der Waals surface area contributed by atoms with Crippen LogP contribution in [-0.4, -0.2) is 40.1 Å². The summed E-state index contributed by atoms with van der Waals surface area (Å²) < 4.78 is 7.27. The highest BCUT2D eigenvalue weighted by Gasteiger charge is 2.19. The minimum absolute atomic E-state index is 0.000501. The van der Waals surface area contributed by atoms with E-state index in [4.69, 9.17) is 4.74 Å². The molecule has 0 bridgehead atoms. The fraction of sp³-hybridized carbons (Fsp3) is 0.375. The Balaban J connectivity index is 1.69. The summed E-state index contributed by atoms with van der Waals surface area (Å²) in [6.45, 7) is 5.50. The number of benzene rings is 2. The van der Waals surface area contributed by atoms with E-state index in [1.807, 2.05) is 53.1 Å².